The lowest BCUT2D eigenvalue weighted by Crippen LogP contribution is -2.17. The van der Waals surface area contributed by atoms with Gasteiger partial charge in [0.2, 0.25) is 5.89 Å². The van der Waals surface area contributed by atoms with Gasteiger partial charge in [0.05, 0.1) is 11.2 Å². The zero-order chi connectivity index (χ0) is 12.5. The molecule has 0 spiro atoms. The molecular formula is C12H19N3OS2. The van der Waals surface area contributed by atoms with Crippen molar-refractivity contribution >= 4 is 23.5 Å². The van der Waals surface area contributed by atoms with Gasteiger partial charge in [0.15, 0.2) is 5.82 Å². The molecule has 6 heteroatoms. The van der Waals surface area contributed by atoms with Crippen LogP contribution in [-0.2, 0) is 0 Å². The minimum atomic E-state index is 0.391. The first-order chi connectivity index (χ1) is 8.75. The third kappa shape index (κ3) is 2.42. The van der Waals surface area contributed by atoms with Crippen LogP contribution in [-0.4, -0.2) is 40.0 Å². The third-order valence-corrected chi connectivity index (χ3v) is 6.82. The fourth-order valence-electron chi connectivity index (χ4n) is 2.57. The first kappa shape index (κ1) is 12.8. The number of aromatic nitrogens is 2. The van der Waals surface area contributed by atoms with Gasteiger partial charge in [0.25, 0.3) is 0 Å². The maximum Gasteiger partial charge on any atom is 0.231 e. The number of thioether (sulfide) groups is 2. The number of rotatable bonds is 2. The Balaban J connectivity index is 1.76. The summed E-state index contributed by atoms with van der Waals surface area (Å²) in [7, 11) is 0. The summed E-state index contributed by atoms with van der Waals surface area (Å²) in [6, 6.07) is 0. The number of nitrogens with zero attached hydrogens (tertiary/aromatic N) is 2. The molecule has 0 aliphatic carbocycles. The summed E-state index contributed by atoms with van der Waals surface area (Å²) in [5, 5.41) is 8.57. The molecule has 0 radical (unpaired) electrons. The zero-order valence-electron chi connectivity index (χ0n) is 10.8. The Morgan fingerprint density at radius 2 is 2.06 bits per heavy atom. The van der Waals surface area contributed by atoms with Gasteiger partial charge < -0.3 is 9.84 Å². The fraction of sp³-hybridized carbons (Fsp3) is 0.833. The van der Waals surface area contributed by atoms with Crippen molar-refractivity contribution in [2.45, 2.75) is 30.3 Å². The standard InChI is InChI=1S/C12H19N3OS2/c1-7-5-13-6-9(7)12-14-11(15-16-12)10-8(2)17-3-4-18-10/h7-10,13H,3-6H2,1-2H3. The summed E-state index contributed by atoms with van der Waals surface area (Å²) in [6.07, 6.45) is 0. The summed E-state index contributed by atoms with van der Waals surface area (Å²) in [6.45, 7) is 6.51. The molecule has 0 saturated carbocycles. The second kappa shape index (κ2) is 5.43. The molecule has 4 nitrogen and oxygen atoms in total. The molecule has 18 heavy (non-hydrogen) atoms. The topological polar surface area (TPSA) is 51.0 Å². The van der Waals surface area contributed by atoms with E-state index in [1.807, 2.05) is 23.5 Å². The van der Waals surface area contributed by atoms with Crippen LogP contribution in [0.4, 0.5) is 0 Å². The van der Waals surface area contributed by atoms with Gasteiger partial charge in [-0.15, -0.1) is 11.8 Å². The van der Waals surface area contributed by atoms with E-state index in [1.165, 1.54) is 11.5 Å². The Labute approximate surface area is 116 Å². The molecule has 2 fully saturated rings. The van der Waals surface area contributed by atoms with E-state index in [9.17, 15) is 0 Å². The molecule has 3 rings (SSSR count). The molecule has 3 heterocycles. The van der Waals surface area contributed by atoms with Gasteiger partial charge in [-0.05, 0) is 12.5 Å². The summed E-state index contributed by atoms with van der Waals surface area (Å²) in [5.41, 5.74) is 0. The average molecular weight is 285 g/mol. The van der Waals surface area contributed by atoms with Crippen molar-refractivity contribution in [3.05, 3.63) is 11.7 Å². The molecule has 2 saturated heterocycles. The van der Waals surface area contributed by atoms with Crippen molar-refractivity contribution in [1.29, 1.82) is 0 Å². The molecule has 4 unspecified atom stereocenters. The number of hydrogen-bond acceptors (Lipinski definition) is 6. The van der Waals surface area contributed by atoms with E-state index in [0.717, 1.165) is 24.8 Å². The van der Waals surface area contributed by atoms with E-state index in [-0.39, 0.29) is 0 Å². The largest absolute Gasteiger partial charge is 0.339 e. The van der Waals surface area contributed by atoms with Gasteiger partial charge in [-0.3, -0.25) is 0 Å². The zero-order valence-corrected chi connectivity index (χ0v) is 12.4. The van der Waals surface area contributed by atoms with Gasteiger partial charge in [-0.25, -0.2) is 0 Å². The highest BCUT2D eigenvalue weighted by Crippen LogP contribution is 2.41. The molecule has 1 N–H and O–H groups in total. The van der Waals surface area contributed by atoms with Crippen LogP contribution >= 0.6 is 23.5 Å². The van der Waals surface area contributed by atoms with Crippen molar-refractivity contribution in [3.63, 3.8) is 0 Å². The maximum atomic E-state index is 5.50. The van der Waals surface area contributed by atoms with Crippen molar-refractivity contribution < 1.29 is 4.52 Å². The van der Waals surface area contributed by atoms with Crippen LogP contribution < -0.4 is 5.32 Å². The third-order valence-electron chi connectivity index (χ3n) is 3.73. The monoisotopic (exact) mass is 285 g/mol. The van der Waals surface area contributed by atoms with Crippen molar-refractivity contribution in [2.24, 2.45) is 5.92 Å². The summed E-state index contributed by atoms with van der Waals surface area (Å²) < 4.78 is 5.50. The van der Waals surface area contributed by atoms with Crippen molar-refractivity contribution in [1.82, 2.24) is 15.5 Å². The van der Waals surface area contributed by atoms with Crippen LogP contribution in [0.15, 0.2) is 4.52 Å². The Morgan fingerprint density at radius 1 is 1.22 bits per heavy atom. The predicted octanol–water partition coefficient (Wildman–Crippen LogP) is 2.30. The summed E-state index contributed by atoms with van der Waals surface area (Å²) in [4.78, 5) is 4.66. The van der Waals surface area contributed by atoms with Gasteiger partial charge in [-0.1, -0.05) is 19.0 Å². The molecule has 100 valence electrons. The van der Waals surface area contributed by atoms with Crippen LogP contribution in [0.3, 0.4) is 0 Å². The van der Waals surface area contributed by atoms with Gasteiger partial charge >= 0.3 is 0 Å². The summed E-state index contributed by atoms with van der Waals surface area (Å²) >= 11 is 3.97. The van der Waals surface area contributed by atoms with E-state index < -0.39 is 0 Å². The predicted molar refractivity (Wildman–Crippen MR) is 76.2 cm³/mol. The van der Waals surface area contributed by atoms with Crippen molar-refractivity contribution in [2.75, 3.05) is 24.6 Å². The van der Waals surface area contributed by atoms with Gasteiger partial charge in [-0.2, -0.15) is 16.7 Å². The van der Waals surface area contributed by atoms with Crippen LogP contribution in [0.25, 0.3) is 0 Å². The fourth-order valence-corrected chi connectivity index (χ4v) is 5.25. The van der Waals surface area contributed by atoms with Crippen molar-refractivity contribution in [3.8, 4) is 0 Å². The lowest BCUT2D eigenvalue weighted by molar-refractivity contribution is 0.336. The van der Waals surface area contributed by atoms with Crippen LogP contribution in [0, 0.1) is 5.92 Å². The molecule has 1 aromatic heterocycles. The molecule has 2 aliphatic rings. The highest BCUT2D eigenvalue weighted by atomic mass is 32.2. The second-order valence-corrected chi connectivity index (χ2v) is 7.83. The Bertz CT molecular complexity index is 412. The molecule has 2 aliphatic heterocycles. The minimum Gasteiger partial charge on any atom is -0.339 e. The normalized spacial score (nSPS) is 37.0. The SMILES string of the molecule is CC1CNCC1c1nc(C2SCCSC2C)no1. The Morgan fingerprint density at radius 3 is 2.78 bits per heavy atom. The Kier molecular flexibility index (Phi) is 3.86. The highest BCUT2D eigenvalue weighted by molar-refractivity contribution is 8.06. The van der Waals surface area contributed by atoms with E-state index in [4.69, 9.17) is 4.52 Å². The van der Waals surface area contributed by atoms with E-state index in [1.54, 1.807) is 0 Å². The van der Waals surface area contributed by atoms with E-state index in [0.29, 0.717) is 22.3 Å². The maximum absolute atomic E-state index is 5.50. The smallest absolute Gasteiger partial charge is 0.231 e. The Hall–Kier alpha value is -0.200. The lowest BCUT2D eigenvalue weighted by atomic mass is 9.98. The molecule has 1 aromatic rings. The molecule has 0 bridgehead atoms. The van der Waals surface area contributed by atoms with Crippen LogP contribution in [0.2, 0.25) is 0 Å². The number of hydrogen-bond donors (Lipinski definition) is 1. The first-order valence-electron chi connectivity index (χ1n) is 6.53. The van der Waals surface area contributed by atoms with Gasteiger partial charge in [0, 0.05) is 23.3 Å². The first-order valence-corrected chi connectivity index (χ1v) is 8.63. The lowest BCUT2D eigenvalue weighted by Gasteiger charge is -2.24. The second-order valence-electron chi connectivity index (χ2n) is 5.10. The quantitative estimate of drug-likeness (QED) is 0.900. The van der Waals surface area contributed by atoms with E-state index >= 15 is 0 Å². The van der Waals surface area contributed by atoms with Crippen LogP contribution in [0.1, 0.15) is 36.7 Å². The number of nitrogens with one attached hydrogen (secondary N) is 1. The molecular weight excluding hydrogens is 266 g/mol. The highest BCUT2D eigenvalue weighted by Gasteiger charge is 2.33. The molecule has 0 amide bonds. The molecule has 0 aromatic carbocycles. The minimum absolute atomic E-state index is 0.391. The average Bonchev–Trinajstić information content (AvgIpc) is 2.98. The summed E-state index contributed by atoms with van der Waals surface area (Å²) in [5.74, 6) is 5.12. The van der Waals surface area contributed by atoms with Gasteiger partial charge in [0.1, 0.15) is 0 Å². The van der Waals surface area contributed by atoms with Crippen LogP contribution in [0.5, 0.6) is 0 Å². The molecule has 4 atom stereocenters. The van der Waals surface area contributed by atoms with E-state index in [2.05, 4.69) is 29.3 Å².